The van der Waals surface area contributed by atoms with Crippen LogP contribution >= 0.6 is 0 Å². The summed E-state index contributed by atoms with van der Waals surface area (Å²) in [4.78, 5) is 36.9. The molecule has 0 fully saturated rings. The number of hydrogen-bond acceptors (Lipinski definition) is 5. The van der Waals surface area contributed by atoms with E-state index in [4.69, 9.17) is 8.83 Å². The van der Waals surface area contributed by atoms with Gasteiger partial charge in [0, 0.05) is 16.5 Å². The summed E-state index contributed by atoms with van der Waals surface area (Å²) in [6, 6.07) is 16.4. The van der Waals surface area contributed by atoms with Crippen LogP contribution in [-0.4, -0.2) is 17.5 Å². The van der Waals surface area contributed by atoms with Crippen LogP contribution in [0.2, 0.25) is 0 Å². The Bertz CT molecular complexity index is 1180. The van der Waals surface area contributed by atoms with Crippen molar-refractivity contribution in [1.82, 2.24) is 0 Å². The van der Waals surface area contributed by atoms with Crippen LogP contribution in [0.1, 0.15) is 44.0 Å². The Balaban J connectivity index is 1.73. The summed E-state index contributed by atoms with van der Waals surface area (Å²) in [6.45, 7) is 1.46. The third kappa shape index (κ3) is 3.12. The highest BCUT2D eigenvalue weighted by Gasteiger charge is 2.25. The number of benzene rings is 2. The van der Waals surface area contributed by atoms with Gasteiger partial charge in [-0.2, -0.15) is 0 Å². The van der Waals surface area contributed by atoms with Crippen LogP contribution < -0.4 is 5.32 Å². The van der Waals surface area contributed by atoms with Gasteiger partial charge >= 0.3 is 0 Å². The second kappa shape index (κ2) is 7.00. The zero-order chi connectivity index (χ0) is 19.7. The Morgan fingerprint density at radius 3 is 2.25 bits per heavy atom. The average molecular weight is 373 g/mol. The number of Topliss-reactive ketones (excluding diaryl/α,β-unsaturated/α-hetero) is 1. The first kappa shape index (κ1) is 17.5. The standard InChI is InChI=1S/C22H15NO5/c1-13(24)14-8-10-15(11-9-14)22(26)23-19-16-5-2-3-6-17(16)28-21(19)20(25)18-7-4-12-27-18/h2-12H,1H3,(H,23,26). The first-order chi connectivity index (χ1) is 13.5. The fraction of sp³-hybridized carbons (Fsp3) is 0.0455. The molecule has 2 heterocycles. The summed E-state index contributed by atoms with van der Waals surface area (Å²) < 4.78 is 10.9. The topological polar surface area (TPSA) is 89.5 Å². The third-order valence-electron chi connectivity index (χ3n) is 4.34. The summed E-state index contributed by atoms with van der Waals surface area (Å²) in [5, 5.41) is 3.36. The van der Waals surface area contributed by atoms with Crippen LogP contribution in [0.15, 0.2) is 75.8 Å². The quantitative estimate of drug-likeness (QED) is 0.512. The fourth-order valence-corrected chi connectivity index (χ4v) is 2.89. The van der Waals surface area contributed by atoms with Crippen LogP contribution in [0, 0.1) is 0 Å². The zero-order valence-corrected chi connectivity index (χ0v) is 14.9. The van der Waals surface area contributed by atoms with Crippen molar-refractivity contribution in [1.29, 1.82) is 0 Å². The van der Waals surface area contributed by atoms with E-state index < -0.39 is 11.7 Å². The number of hydrogen-bond donors (Lipinski definition) is 1. The Morgan fingerprint density at radius 2 is 1.57 bits per heavy atom. The molecule has 2 aromatic carbocycles. The molecule has 2 aromatic heterocycles. The molecule has 0 saturated heterocycles. The molecular formula is C22H15NO5. The molecule has 6 nitrogen and oxygen atoms in total. The second-order valence-electron chi connectivity index (χ2n) is 6.20. The molecule has 1 amide bonds. The number of para-hydroxylation sites is 1. The first-order valence-electron chi connectivity index (χ1n) is 8.56. The van der Waals surface area contributed by atoms with Crippen LogP contribution in [-0.2, 0) is 0 Å². The maximum absolute atomic E-state index is 12.8. The van der Waals surface area contributed by atoms with Gasteiger partial charge < -0.3 is 14.2 Å². The molecule has 0 aliphatic heterocycles. The van der Waals surface area contributed by atoms with Gasteiger partial charge in [-0.3, -0.25) is 14.4 Å². The van der Waals surface area contributed by atoms with Crippen LogP contribution in [0.25, 0.3) is 11.0 Å². The van der Waals surface area contributed by atoms with E-state index in [1.807, 2.05) is 0 Å². The van der Waals surface area contributed by atoms with Crippen molar-refractivity contribution in [2.24, 2.45) is 0 Å². The SMILES string of the molecule is CC(=O)c1ccc(C(=O)Nc2c(C(=O)c3ccco3)oc3ccccc23)cc1. The number of carbonyl (C=O) groups is 3. The van der Waals surface area contributed by atoms with Gasteiger partial charge in [0.15, 0.2) is 11.5 Å². The normalized spacial score (nSPS) is 10.8. The van der Waals surface area contributed by atoms with Gasteiger partial charge in [-0.05, 0) is 43.3 Å². The number of ketones is 2. The molecule has 0 atom stereocenters. The zero-order valence-electron chi connectivity index (χ0n) is 14.9. The number of nitrogens with one attached hydrogen (secondary N) is 1. The smallest absolute Gasteiger partial charge is 0.265 e. The van der Waals surface area contributed by atoms with Crippen LogP contribution in [0.3, 0.4) is 0 Å². The summed E-state index contributed by atoms with van der Waals surface area (Å²) in [6.07, 6.45) is 1.39. The molecule has 0 aliphatic rings. The lowest BCUT2D eigenvalue weighted by Crippen LogP contribution is -2.14. The summed E-state index contributed by atoms with van der Waals surface area (Å²) in [7, 11) is 0. The Labute approximate surface area is 159 Å². The monoisotopic (exact) mass is 373 g/mol. The van der Waals surface area contributed by atoms with Gasteiger partial charge in [0.2, 0.25) is 5.76 Å². The predicted octanol–water partition coefficient (Wildman–Crippen LogP) is 4.71. The molecule has 0 bridgehead atoms. The molecule has 4 rings (SSSR count). The minimum atomic E-state index is -0.469. The Hall–Kier alpha value is -3.93. The van der Waals surface area contributed by atoms with E-state index in [0.29, 0.717) is 22.1 Å². The van der Waals surface area contributed by atoms with E-state index in [9.17, 15) is 14.4 Å². The molecule has 0 saturated carbocycles. The summed E-state index contributed by atoms with van der Waals surface area (Å²) in [5.74, 6) is -0.872. The molecule has 0 aliphatic carbocycles. The van der Waals surface area contributed by atoms with E-state index in [2.05, 4.69) is 5.32 Å². The van der Waals surface area contributed by atoms with Crippen molar-refractivity contribution in [2.75, 3.05) is 5.32 Å². The molecule has 0 spiro atoms. The van der Waals surface area contributed by atoms with Crippen molar-refractivity contribution in [2.45, 2.75) is 6.92 Å². The predicted molar refractivity (Wildman–Crippen MR) is 103 cm³/mol. The van der Waals surface area contributed by atoms with E-state index in [1.165, 1.54) is 19.3 Å². The van der Waals surface area contributed by atoms with Crippen molar-refractivity contribution in [3.8, 4) is 0 Å². The van der Waals surface area contributed by atoms with Crippen molar-refractivity contribution >= 4 is 34.1 Å². The molecule has 28 heavy (non-hydrogen) atoms. The number of amides is 1. The van der Waals surface area contributed by atoms with E-state index >= 15 is 0 Å². The molecule has 0 unspecified atom stereocenters. The maximum atomic E-state index is 12.8. The van der Waals surface area contributed by atoms with E-state index in [-0.39, 0.29) is 23.0 Å². The lowest BCUT2D eigenvalue weighted by molar-refractivity contribution is 0.0984. The highest BCUT2D eigenvalue weighted by molar-refractivity contribution is 6.18. The Kier molecular flexibility index (Phi) is 4.37. The van der Waals surface area contributed by atoms with Crippen LogP contribution in [0.4, 0.5) is 5.69 Å². The van der Waals surface area contributed by atoms with Gasteiger partial charge in [-0.1, -0.05) is 24.3 Å². The van der Waals surface area contributed by atoms with Crippen LogP contribution in [0.5, 0.6) is 0 Å². The molecule has 1 N–H and O–H groups in total. The lowest BCUT2D eigenvalue weighted by Gasteiger charge is -2.06. The lowest BCUT2D eigenvalue weighted by atomic mass is 10.1. The average Bonchev–Trinajstić information content (AvgIpc) is 3.36. The molecule has 0 radical (unpaired) electrons. The van der Waals surface area contributed by atoms with Gasteiger partial charge in [-0.25, -0.2) is 0 Å². The number of furan rings is 2. The number of anilines is 1. The van der Waals surface area contributed by atoms with Gasteiger partial charge in [-0.15, -0.1) is 0 Å². The van der Waals surface area contributed by atoms with Crippen molar-refractivity contribution < 1.29 is 23.2 Å². The number of fused-ring (bicyclic) bond motifs is 1. The highest BCUT2D eigenvalue weighted by Crippen LogP contribution is 2.33. The molecular weight excluding hydrogens is 358 g/mol. The molecule has 4 aromatic rings. The Morgan fingerprint density at radius 1 is 0.857 bits per heavy atom. The summed E-state index contributed by atoms with van der Waals surface area (Å²) >= 11 is 0. The fourth-order valence-electron chi connectivity index (χ4n) is 2.89. The van der Waals surface area contributed by atoms with Crippen molar-refractivity contribution in [3.63, 3.8) is 0 Å². The van der Waals surface area contributed by atoms with Gasteiger partial charge in [0.25, 0.3) is 11.7 Å². The largest absolute Gasteiger partial charge is 0.461 e. The third-order valence-corrected chi connectivity index (χ3v) is 4.34. The number of carbonyl (C=O) groups excluding carboxylic acids is 3. The molecule has 6 heteroatoms. The van der Waals surface area contributed by atoms with Crippen molar-refractivity contribution in [3.05, 3.63) is 89.6 Å². The maximum Gasteiger partial charge on any atom is 0.265 e. The molecule has 138 valence electrons. The van der Waals surface area contributed by atoms with Gasteiger partial charge in [0.1, 0.15) is 5.58 Å². The minimum absolute atomic E-state index is 0.00939. The highest BCUT2D eigenvalue weighted by atomic mass is 16.4. The summed E-state index contributed by atoms with van der Waals surface area (Å²) in [5.41, 5.74) is 1.61. The minimum Gasteiger partial charge on any atom is -0.461 e. The first-order valence-corrected chi connectivity index (χ1v) is 8.56. The van der Waals surface area contributed by atoms with E-state index in [1.54, 1.807) is 54.6 Å². The number of rotatable bonds is 5. The van der Waals surface area contributed by atoms with E-state index in [0.717, 1.165) is 0 Å². The van der Waals surface area contributed by atoms with Gasteiger partial charge in [0.05, 0.1) is 12.0 Å². The second-order valence-corrected chi connectivity index (χ2v) is 6.20.